The second kappa shape index (κ2) is 10.0. The Morgan fingerprint density at radius 2 is 1.68 bits per heavy atom. The van der Waals surface area contributed by atoms with Gasteiger partial charge in [-0.2, -0.15) is 0 Å². The molecular formula is C21H22N4O3. The number of nitrogens with one attached hydrogen (secondary N) is 2. The summed E-state index contributed by atoms with van der Waals surface area (Å²) in [6.45, 7) is 3.56. The number of ether oxygens (including phenoxy) is 2. The van der Waals surface area contributed by atoms with Crippen molar-refractivity contribution in [3.63, 3.8) is 0 Å². The first-order valence-corrected chi connectivity index (χ1v) is 8.99. The fourth-order valence-electron chi connectivity index (χ4n) is 2.48. The average Bonchev–Trinajstić information content (AvgIpc) is 2.73. The summed E-state index contributed by atoms with van der Waals surface area (Å²) in [5, 5.41) is 5.66. The SMILES string of the molecule is CCOCc1ccccc1CNC(=O)Nc1ccc(Oc2ncccn2)cc1. The van der Waals surface area contributed by atoms with Gasteiger partial charge in [-0.05, 0) is 48.4 Å². The van der Waals surface area contributed by atoms with Gasteiger partial charge in [0.15, 0.2) is 0 Å². The Kier molecular flexibility index (Phi) is 6.92. The van der Waals surface area contributed by atoms with Crippen molar-refractivity contribution >= 4 is 11.7 Å². The van der Waals surface area contributed by atoms with Gasteiger partial charge in [0.25, 0.3) is 0 Å². The van der Waals surface area contributed by atoms with Crippen molar-refractivity contribution < 1.29 is 14.3 Å². The zero-order valence-electron chi connectivity index (χ0n) is 15.6. The molecule has 0 saturated carbocycles. The van der Waals surface area contributed by atoms with Gasteiger partial charge in [0, 0.05) is 31.2 Å². The van der Waals surface area contributed by atoms with Crippen LogP contribution in [0.2, 0.25) is 0 Å². The van der Waals surface area contributed by atoms with Crippen LogP contribution in [0, 0.1) is 0 Å². The van der Waals surface area contributed by atoms with E-state index < -0.39 is 0 Å². The first kappa shape index (κ1) is 19.3. The summed E-state index contributed by atoms with van der Waals surface area (Å²) in [5.41, 5.74) is 2.74. The van der Waals surface area contributed by atoms with Crippen molar-refractivity contribution in [1.82, 2.24) is 15.3 Å². The average molecular weight is 378 g/mol. The lowest BCUT2D eigenvalue weighted by Crippen LogP contribution is -2.28. The van der Waals surface area contributed by atoms with Crippen molar-refractivity contribution in [2.45, 2.75) is 20.1 Å². The lowest BCUT2D eigenvalue weighted by Gasteiger charge is -2.12. The Morgan fingerprint density at radius 1 is 0.964 bits per heavy atom. The molecule has 0 atom stereocenters. The topological polar surface area (TPSA) is 85.4 Å². The van der Waals surface area contributed by atoms with E-state index in [2.05, 4.69) is 20.6 Å². The molecule has 2 aromatic carbocycles. The van der Waals surface area contributed by atoms with E-state index in [0.29, 0.717) is 31.2 Å². The highest BCUT2D eigenvalue weighted by Gasteiger charge is 2.06. The van der Waals surface area contributed by atoms with Crippen LogP contribution in [0.4, 0.5) is 10.5 Å². The van der Waals surface area contributed by atoms with E-state index in [1.807, 2.05) is 31.2 Å². The number of urea groups is 1. The van der Waals surface area contributed by atoms with Crippen LogP contribution in [0.25, 0.3) is 0 Å². The summed E-state index contributed by atoms with van der Waals surface area (Å²) in [5.74, 6) is 0.585. The normalized spacial score (nSPS) is 10.3. The Morgan fingerprint density at radius 3 is 2.39 bits per heavy atom. The second-order valence-electron chi connectivity index (χ2n) is 5.87. The molecule has 7 heteroatoms. The van der Waals surface area contributed by atoms with Gasteiger partial charge in [-0.15, -0.1) is 0 Å². The molecule has 0 spiro atoms. The number of nitrogens with zero attached hydrogens (tertiary/aromatic N) is 2. The van der Waals surface area contributed by atoms with Crippen molar-refractivity contribution in [2.24, 2.45) is 0 Å². The summed E-state index contributed by atoms with van der Waals surface area (Å²) in [4.78, 5) is 20.2. The molecule has 144 valence electrons. The summed E-state index contributed by atoms with van der Waals surface area (Å²) in [6.07, 6.45) is 3.21. The fraction of sp³-hybridized carbons (Fsp3) is 0.190. The summed E-state index contributed by atoms with van der Waals surface area (Å²) >= 11 is 0. The molecule has 0 radical (unpaired) electrons. The standard InChI is InChI=1S/C21H22N4O3/c1-2-27-15-17-7-4-3-6-16(17)14-24-20(26)25-18-8-10-19(11-9-18)28-21-22-12-5-13-23-21/h3-13H,2,14-15H2,1H3,(H2,24,25,26). The summed E-state index contributed by atoms with van der Waals surface area (Å²) in [6, 6.07) is 16.6. The monoisotopic (exact) mass is 378 g/mol. The van der Waals surface area contributed by atoms with Gasteiger partial charge in [0.2, 0.25) is 0 Å². The van der Waals surface area contributed by atoms with Gasteiger partial charge in [-0.1, -0.05) is 24.3 Å². The van der Waals surface area contributed by atoms with Crippen molar-refractivity contribution in [3.05, 3.63) is 78.1 Å². The van der Waals surface area contributed by atoms with Gasteiger partial charge >= 0.3 is 12.0 Å². The van der Waals surface area contributed by atoms with Crippen molar-refractivity contribution in [3.8, 4) is 11.8 Å². The van der Waals surface area contributed by atoms with Crippen molar-refractivity contribution in [2.75, 3.05) is 11.9 Å². The highest BCUT2D eigenvalue weighted by atomic mass is 16.5. The summed E-state index contributed by atoms with van der Waals surface area (Å²) < 4.78 is 11.0. The van der Waals surface area contributed by atoms with E-state index in [-0.39, 0.29) is 12.0 Å². The van der Waals surface area contributed by atoms with Gasteiger partial charge in [-0.25, -0.2) is 14.8 Å². The number of anilines is 1. The lowest BCUT2D eigenvalue weighted by molar-refractivity contribution is 0.133. The fourth-order valence-corrected chi connectivity index (χ4v) is 2.48. The first-order valence-electron chi connectivity index (χ1n) is 8.99. The third-order valence-electron chi connectivity index (χ3n) is 3.88. The molecule has 0 saturated heterocycles. The maximum Gasteiger partial charge on any atom is 0.321 e. The predicted octanol–water partition coefficient (Wildman–Crippen LogP) is 4.13. The molecule has 3 aromatic rings. The molecule has 0 fully saturated rings. The number of hydrogen-bond donors (Lipinski definition) is 2. The van der Waals surface area contributed by atoms with E-state index in [1.54, 1.807) is 42.7 Å². The third kappa shape index (κ3) is 5.78. The number of carbonyl (C=O) groups is 1. The molecule has 0 bridgehead atoms. The predicted molar refractivity (Wildman–Crippen MR) is 106 cm³/mol. The number of carbonyl (C=O) groups excluding carboxylic acids is 1. The zero-order valence-corrected chi connectivity index (χ0v) is 15.6. The minimum Gasteiger partial charge on any atom is -0.424 e. The molecule has 0 unspecified atom stereocenters. The molecule has 0 aliphatic rings. The van der Waals surface area contributed by atoms with E-state index in [4.69, 9.17) is 9.47 Å². The van der Waals surface area contributed by atoms with E-state index in [1.165, 1.54) is 0 Å². The van der Waals surface area contributed by atoms with Crippen LogP contribution in [-0.4, -0.2) is 22.6 Å². The third-order valence-corrected chi connectivity index (χ3v) is 3.88. The molecule has 2 N–H and O–H groups in total. The molecule has 1 heterocycles. The molecule has 7 nitrogen and oxygen atoms in total. The van der Waals surface area contributed by atoms with Crippen LogP contribution in [0.5, 0.6) is 11.8 Å². The highest BCUT2D eigenvalue weighted by Crippen LogP contribution is 2.19. The number of benzene rings is 2. The first-order chi connectivity index (χ1) is 13.7. The van der Waals surface area contributed by atoms with Crippen LogP contribution in [-0.2, 0) is 17.9 Å². The van der Waals surface area contributed by atoms with E-state index in [9.17, 15) is 4.79 Å². The van der Waals surface area contributed by atoms with Crippen LogP contribution < -0.4 is 15.4 Å². The Labute approximate surface area is 163 Å². The van der Waals surface area contributed by atoms with Gasteiger partial charge < -0.3 is 20.1 Å². The van der Waals surface area contributed by atoms with Crippen LogP contribution in [0.1, 0.15) is 18.1 Å². The second-order valence-corrected chi connectivity index (χ2v) is 5.87. The number of hydrogen-bond acceptors (Lipinski definition) is 5. The van der Waals surface area contributed by atoms with Gasteiger partial charge in [-0.3, -0.25) is 0 Å². The Hall–Kier alpha value is -3.45. The highest BCUT2D eigenvalue weighted by molar-refractivity contribution is 5.89. The van der Waals surface area contributed by atoms with Crippen molar-refractivity contribution in [1.29, 1.82) is 0 Å². The maximum absolute atomic E-state index is 12.2. The maximum atomic E-state index is 12.2. The minimum atomic E-state index is -0.286. The molecule has 2 amide bonds. The molecule has 3 rings (SSSR count). The smallest absolute Gasteiger partial charge is 0.321 e. The van der Waals surface area contributed by atoms with E-state index >= 15 is 0 Å². The van der Waals surface area contributed by atoms with E-state index in [0.717, 1.165) is 11.1 Å². The minimum absolute atomic E-state index is 0.270. The molecule has 28 heavy (non-hydrogen) atoms. The zero-order chi connectivity index (χ0) is 19.6. The lowest BCUT2D eigenvalue weighted by atomic mass is 10.1. The largest absolute Gasteiger partial charge is 0.424 e. The number of rotatable bonds is 8. The summed E-state index contributed by atoms with van der Waals surface area (Å²) in [7, 11) is 0. The number of aromatic nitrogens is 2. The molecule has 1 aromatic heterocycles. The Balaban J connectivity index is 1.51. The number of amides is 2. The molecule has 0 aliphatic heterocycles. The van der Waals surface area contributed by atoms with Crippen LogP contribution in [0.3, 0.4) is 0 Å². The van der Waals surface area contributed by atoms with Gasteiger partial charge in [0.05, 0.1) is 6.61 Å². The van der Waals surface area contributed by atoms with Gasteiger partial charge in [0.1, 0.15) is 5.75 Å². The quantitative estimate of drug-likeness (QED) is 0.616. The molecular weight excluding hydrogens is 356 g/mol. The molecule has 0 aliphatic carbocycles. The van der Waals surface area contributed by atoms with Crippen LogP contribution >= 0.6 is 0 Å². The Bertz CT molecular complexity index is 886. The van der Waals surface area contributed by atoms with Crippen LogP contribution in [0.15, 0.2) is 67.0 Å².